The first-order valence-electron chi connectivity index (χ1n) is 13.0. The van der Waals surface area contributed by atoms with Gasteiger partial charge in [-0.05, 0) is 85.4 Å². The first kappa shape index (κ1) is 26.5. The Morgan fingerprint density at radius 1 is 1.08 bits per heavy atom. The summed E-state index contributed by atoms with van der Waals surface area (Å²) in [6.07, 6.45) is 5.15. The zero-order chi connectivity index (χ0) is 26.1. The third-order valence-corrected chi connectivity index (χ3v) is 7.93. The molecule has 9 heteroatoms. The third-order valence-electron chi connectivity index (χ3n) is 6.83. The molecule has 0 aromatic carbocycles. The summed E-state index contributed by atoms with van der Waals surface area (Å²) in [7, 11) is 0. The largest absolute Gasteiger partial charge is 0.354 e. The number of amides is 2. The van der Waals surface area contributed by atoms with Crippen LogP contribution in [0.25, 0.3) is 10.6 Å². The summed E-state index contributed by atoms with van der Waals surface area (Å²) < 4.78 is 0. The molecular formula is C27H40N6O2S. The van der Waals surface area contributed by atoms with E-state index in [2.05, 4.69) is 48.6 Å². The molecule has 2 fully saturated rings. The van der Waals surface area contributed by atoms with E-state index >= 15 is 0 Å². The fraction of sp³-hybridized carbons (Fsp3) is 0.630. The van der Waals surface area contributed by atoms with Crippen molar-refractivity contribution in [3.63, 3.8) is 0 Å². The molecule has 0 spiro atoms. The van der Waals surface area contributed by atoms with Crippen LogP contribution in [0, 0.1) is 5.92 Å². The van der Waals surface area contributed by atoms with Crippen LogP contribution >= 0.6 is 11.3 Å². The number of piperidine rings is 2. The van der Waals surface area contributed by atoms with Gasteiger partial charge in [0.25, 0.3) is 5.91 Å². The molecule has 0 radical (unpaired) electrons. The highest BCUT2D eigenvalue weighted by Crippen LogP contribution is 2.32. The van der Waals surface area contributed by atoms with E-state index < -0.39 is 0 Å². The molecule has 3 N–H and O–H groups in total. The van der Waals surface area contributed by atoms with Crippen molar-refractivity contribution in [3.05, 3.63) is 29.3 Å². The quantitative estimate of drug-likeness (QED) is 0.534. The summed E-state index contributed by atoms with van der Waals surface area (Å²) in [6, 6.07) is 6.15. The minimum absolute atomic E-state index is 0.0154. The van der Waals surface area contributed by atoms with Crippen LogP contribution in [0.5, 0.6) is 0 Å². The standard InChI is InChI=1S/C27H40N6O2S/c1-17(2)29-23(34)18-10-13-33(14-11-18)24(35)22-8-7-21(36-22)20-9-12-28-25(31-20)30-19-15-26(3,4)32-27(5,6)16-19/h7-9,12,17-19,32H,10-11,13-16H2,1-6H3,(H,29,34)(H,28,30,31). The second-order valence-electron chi connectivity index (χ2n) is 11.8. The predicted molar refractivity (Wildman–Crippen MR) is 145 cm³/mol. The molecule has 2 aliphatic rings. The molecule has 2 aromatic rings. The molecule has 2 aromatic heterocycles. The van der Waals surface area contributed by atoms with Crippen LogP contribution in [-0.2, 0) is 4.79 Å². The van der Waals surface area contributed by atoms with Crippen molar-refractivity contribution in [1.82, 2.24) is 25.5 Å². The summed E-state index contributed by atoms with van der Waals surface area (Å²) >= 11 is 1.46. The number of carbonyl (C=O) groups excluding carboxylic acids is 2. The monoisotopic (exact) mass is 512 g/mol. The van der Waals surface area contributed by atoms with Gasteiger partial charge in [-0.2, -0.15) is 0 Å². The maximum absolute atomic E-state index is 13.1. The lowest BCUT2D eigenvalue weighted by molar-refractivity contribution is -0.126. The fourth-order valence-corrected chi connectivity index (χ4v) is 6.61. The molecule has 0 aliphatic carbocycles. The van der Waals surface area contributed by atoms with E-state index in [1.165, 1.54) is 11.3 Å². The van der Waals surface area contributed by atoms with Crippen LogP contribution < -0.4 is 16.0 Å². The van der Waals surface area contributed by atoms with E-state index in [0.717, 1.165) is 23.4 Å². The zero-order valence-corrected chi connectivity index (χ0v) is 23.2. The Kier molecular flexibility index (Phi) is 7.71. The summed E-state index contributed by atoms with van der Waals surface area (Å²) in [5.74, 6) is 0.730. The van der Waals surface area contributed by atoms with Crippen LogP contribution in [0.3, 0.4) is 0 Å². The van der Waals surface area contributed by atoms with Crippen LogP contribution in [0.15, 0.2) is 24.4 Å². The molecule has 4 heterocycles. The number of aromatic nitrogens is 2. The molecule has 0 unspecified atom stereocenters. The first-order valence-corrected chi connectivity index (χ1v) is 13.8. The van der Waals surface area contributed by atoms with Crippen molar-refractivity contribution in [1.29, 1.82) is 0 Å². The van der Waals surface area contributed by atoms with Crippen molar-refractivity contribution in [2.75, 3.05) is 18.4 Å². The van der Waals surface area contributed by atoms with Gasteiger partial charge in [-0.25, -0.2) is 9.97 Å². The SMILES string of the molecule is CC(C)NC(=O)C1CCN(C(=O)c2ccc(-c3ccnc(NC4CC(C)(C)NC(C)(C)C4)n3)s2)CC1. The lowest BCUT2D eigenvalue weighted by Crippen LogP contribution is -2.60. The third kappa shape index (κ3) is 6.62. The number of hydrogen-bond acceptors (Lipinski definition) is 7. The number of thiophene rings is 1. The van der Waals surface area contributed by atoms with E-state index in [4.69, 9.17) is 4.98 Å². The predicted octanol–water partition coefficient (Wildman–Crippen LogP) is 4.30. The number of anilines is 1. The number of nitrogens with zero attached hydrogens (tertiary/aromatic N) is 3. The number of nitrogens with one attached hydrogen (secondary N) is 3. The van der Waals surface area contributed by atoms with Gasteiger partial charge in [0.2, 0.25) is 11.9 Å². The highest BCUT2D eigenvalue weighted by atomic mass is 32.1. The molecule has 0 atom stereocenters. The van der Waals surface area contributed by atoms with Crippen LogP contribution in [0.2, 0.25) is 0 Å². The van der Waals surface area contributed by atoms with Gasteiger partial charge in [0.05, 0.1) is 15.4 Å². The minimum Gasteiger partial charge on any atom is -0.354 e. The highest BCUT2D eigenvalue weighted by Gasteiger charge is 2.38. The molecule has 2 saturated heterocycles. The van der Waals surface area contributed by atoms with Crippen molar-refractivity contribution in [2.24, 2.45) is 5.92 Å². The number of hydrogen-bond donors (Lipinski definition) is 3. The molecule has 4 rings (SSSR count). The number of carbonyl (C=O) groups is 2. The smallest absolute Gasteiger partial charge is 0.263 e. The van der Waals surface area contributed by atoms with Gasteiger partial charge in [0.15, 0.2) is 0 Å². The van der Waals surface area contributed by atoms with Gasteiger partial charge >= 0.3 is 0 Å². The zero-order valence-electron chi connectivity index (χ0n) is 22.4. The Balaban J connectivity index is 1.38. The number of likely N-dealkylation sites (tertiary alicyclic amines) is 1. The normalized spacial score (nSPS) is 20.4. The highest BCUT2D eigenvalue weighted by molar-refractivity contribution is 7.17. The maximum Gasteiger partial charge on any atom is 0.263 e. The van der Waals surface area contributed by atoms with Gasteiger partial charge in [-0.3, -0.25) is 9.59 Å². The van der Waals surface area contributed by atoms with Crippen molar-refractivity contribution < 1.29 is 9.59 Å². The summed E-state index contributed by atoms with van der Waals surface area (Å²) in [4.78, 5) is 38.2. The Bertz CT molecular complexity index is 1070. The summed E-state index contributed by atoms with van der Waals surface area (Å²) in [5, 5.41) is 10.2. The molecule has 36 heavy (non-hydrogen) atoms. The van der Waals surface area contributed by atoms with Crippen LogP contribution in [-0.4, -0.2) is 62.9 Å². The molecule has 2 amide bonds. The molecule has 8 nitrogen and oxygen atoms in total. The van der Waals surface area contributed by atoms with Crippen molar-refractivity contribution in [3.8, 4) is 10.6 Å². The van der Waals surface area contributed by atoms with Crippen molar-refractivity contribution in [2.45, 2.75) is 90.4 Å². The number of rotatable bonds is 6. The van der Waals surface area contributed by atoms with Gasteiger partial charge in [-0.15, -0.1) is 11.3 Å². The second kappa shape index (κ2) is 10.5. The molecular weight excluding hydrogens is 472 g/mol. The Labute approximate surface area is 218 Å². The molecule has 196 valence electrons. The summed E-state index contributed by atoms with van der Waals surface area (Å²) in [5.41, 5.74) is 0.882. The molecule has 2 aliphatic heterocycles. The lowest BCUT2D eigenvalue weighted by Gasteiger charge is -2.46. The average Bonchev–Trinajstić information content (AvgIpc) is 3.27. The topological polar surface area (TPSA) is 99.2 Å². The van der Waals surface area contributed by atoms with Crippen molar-refractivity contribution >= 4 is 29.1 Å². The average molecular weight is 513 g/mol. The van der Waals surface area contributed by atoms with E-state index in [-0.39, 0.29) is 40.9 Å². The van der Waals surface area contributed by atoms with E-state index in [0.29, 0.717) is 36.8 Å². The first-order chi connectivity index (χ1) is 16.9. The van der Waals surface area contributed by atoms with Gasteiger partial charge in [0, 0.05) is 48.4 Å². The second-order valence-corrected chi connectivity index (χ2v) is 12.9. The Hall–Kier alpha value is -2.52. The van der Waals surface area contributed by atoms with Gasteiger partial charge in [-0.1, -0.05) is 0 Å². The molecule has 0 saturated carbocycles. The summed E-state index contributed by atoms with van der Waals surface area (Å²) in [6.45, 7) is 14.1. The maximum atomic E-state index is 13.1. The van der Waals surface area contributed by atoms with E-state index in [9.17, 15) is 9.59 Å². The molecule has 0 bridgehead atoms. The van der Waals surface area contributed by atoms with Crippen LogP contribution in [0.4, 0.5) is 5.95 Å². The van der Waals surface area contributed by atoms with E-state index in [1.54, 1.807) is 6.20 Å². The van der Waals surface area contributed by atoms with Crippen LogP contribution in [0.1, 0.15) is 76.9 Å². The Morgan fingerprint density at radius 2 is 1.75 bits per heavy atom. The minimum atomic E-state index is -0.0154. The fourth-order valence-electron chi connectivity index (χ4n) is 5.67. The Morgan fingerprint density at radius 3 is 2.39 bits per heavy atom. The van der Waals surface area contributed by atoms with E-state index in [1.807, 2.05) is 36.9 Å². The lowest BCUT2D eigenvalue weighted by atomic mass is 9.80. The van der Waals surface area contributed by atoms with Gasteiger partial charge in [0.1, 0.15) is 0 Å². The van der Waals surface area contributed by atoms with Gasteiger partial charge < -0.3 is 20.9 Å².